The molecule has 0 saturated carbocycles. The van der Waals surface area contributed by atoms with E-state index in [0.717, 1.165) is 10.9 Å². The van der Waals surface area contributed by atoms with E-state index in [4.69, 9.17) is 13.9 Å². The fourth-order valence-corrected chi connectivity index (χ4v) is 2.63. The molecule has 0 spiro atoms. The van der Waals surface area contributed by atoms with Crippen molar-refractivity contribution in [3.8, 4) is 11.5 Å². The molecule has 1 heterocycles. The third kappa shape index (κ3) is 2.87. The summed E-state index contributed by atoms with van der Waals surface area (Å²) in [5, 5.41) is 10.3. The van der Waals surface area contributed by atoms with Crippen molar-refractivity contribution in [1.82, 2.24) is 0 Å². The Bertz CT molecular complexity index is 821. The fraction of sp³-hybridized carbons (Fsp3) is 0.222. The molecule has 0 amide bonds. The van der Waals surface area contributed by atoms with Gasteiger partial charge in [0.25, 0.3) is 0 Å². The second kappa shape index (κ2) is 6.30. The third-order valence-corrected chi connectivity index (χ3v) is 3.75. The van der Waals surface area contributed by atoms with Gasteiger partial charge in [0, 0.05) is 11.8 Å². The van der Waals surface area contributed by atoms with Crippen LogP contribution < -0.4 is 9.47 Å². The molecule has 0 aliphatic heterocycles. The van der Waals surface area contributed by atoms with Crippen molar-refractivity contribution >= 4 is 11.0 Å². The van der Waals surface area contributed by atoms with Gasteiger partial charge in [-0.05, 0) is 35.4 Å². The zero-order valence-electron chi connectivity index (χ0n) is 12.9. The Morgan fingerprint density at radius 1 is 1.09 bits per heavy atom. The SMILES string of the molecule is COc1cc(CO)c2cc(Cc3ccc(F)cc3)oc2c1OC. The highest BCUT2D eigenvalue weighted by atomic mass is 19.1. The summed E-state index contributed by atoms with van der Waals surface area (Å²) < 4.78 is 29.6. The Morgan fingerprint density at radius 3 is 2.43 bits per heavy atom. The summed E-state index contributed by atoms with van der Waals surface area (Å²) in [6, 6.07) is 9.87. The zero-order valence-corrected chi connectivity index (χ0v) is 12.9. The van der Waals surface area contributed by atoms with E-state index in [-0.39, 0.29) is 12.4 Å². The topological polar surface area (TPSA) is 51.8 Å². The summed E-state index contributed by atoms with van der Waals surface area (Å²) in [4.78, 5) is 0. The van der Waals surface area contributed by atoms with Crippen LogP contribution in [-0.2, 0) is 13.0 Å². The van der Waals surface area contributed by atoms with Crippen LogP contribution >= 0.6 is 0 Å². The van der Waals surface area contributed by atoms with Gasteiger partial charge in [0.05, 0.1) is 20.8 Å². The molecule has 0 bridgehead atoms. The second-order valence-electron chi connectivity index (χ2n) is 5.19. The first-order chi connectivity index (χ1) is 11.2. The highest BCUT2D eigenvalue weighted by Gasteiger charge is 2.18. The lowest BCUT2D eigenvalue weighted by Crippen LogP contribution is -1.94. The Hall–Kier alpha value is -2.53. The monoisotopic (exact) mass is 316 g/mol. The first-order valence-corrected chi connectivity index (χ1v) is 7.17. The Balaban J connectivity index is 2.07. The predicted octanol–water partition coefficient (Wildman–Crippen LogP) is 3.67. The lowest BCUT2D eigenvalue weighted by atomic mass is 10.1. The van der Waals surface area contributed by atoms with E-state index in [1.807, 2.05) is 6.07 Å². The van der Waals surface area contributed by atoms with Crippen LogP contribution in [0.2, 0.25) is 0 Å². The molecule has 0 aliphatic rings. The largest absolute Gasteiger partial charge is 0.493 e. The minimum atomic E-state index is -0.271. The van der Waals surface area contributed by atoms with Crippen molar-refractivity contribution in [3.05, 3.63) is 59.1 Å². The van der Waals surface area contributed by atoms with Crippen LogP contribution in [0.4, 0.5) is 4.39 Å². The highest BCUT2D eigenvalue weighted by molar-refractivity contribution is 5.89. The van der Waals surface area contributed by atoms with Gasteiger partial charge in [-0.25, -0.2) is 4.39 Å². The molecule has 4 nitrogen and oxygen atoms in total. The summed E-state index contributed by atoms with van der Waals surface area (Å²) in [7, 11) is 3.07. The van der Waals surface area contributed by atoms with Crippen LogP contribution in [0.1, 0.15) is 16.9 Å². The molecule has 120 valence electrons. The number of benzene rings is 2. The number of aliphatic hydroxyl groups excluding tert-OH is 1. The summed E-state index contributed by atoms with van der Waals surface area (Å²) >= 11 is 0. The van der Waals surface area contributed by atoms with Crippen LogP contribution in [0, 0.1) is 5.82 Å². The second-order valence-corrected chi connectivity index (χ2v) is 5.19. The van der Waals surface area contributed by atoms with Crippen molar-refractivity contribution < 1.29 is 23.4 Å². The molecule has 3 aromatic rings. The number of furan rings is 1. The van der Waals surface area contributed by atoms with E-state index in [0.29, 0.717) is 34.8 Å². The Labute approximate surface area is 133 Å². The standard InChI is InChI=1S/C18H17FO4/c1-21-16-8-12(10-20)15-9-14(23-17(15)18(16)22-2)7-11-3-5-13(19)6-4-11/h3-6,8-9,20H,7,10H2,1-2H3. The quantitative estimate of drug-likeness (QED) is 0.780. The van der Waals surface area contributed by atoms with Crippen molar-refractivity contribution in [3.63, 3.8) is 0 Å². The Morgan fingerprint density at radius 2 is 1.83 bits per heavy atom. The maximum absolute atomic E-state index is 13.0. The number of halogens is 1. The molecule has 0 saturated heterocycles. The molecule has 0 aliphatic carbocycles. The van der Waals surface area contributed by atoms with Crippen LogP contribution in [-0.4, -0.2) is 19.3 Å². The van der Waals surface area contributed by atoms with Crippen LogP contribution in [0.25, 0.3) is 11.0 Å². The molecule has 3 rings (SSSR count). The number of ether oxygens (including phenoxy) is 2. The summed E-state index contributed by atoms with van der Waals surface area (Å²) in [6.45, 7) is -0.133. The van der Waals surface area contributed by atoms with Gasteiger partial charge in [0.2, 0.25) is 5.75 Å². The number of fused-ring (bicyclic) bond motifs is 1. The fourth-order valence-electron chi connectivity index (χ4n) is 2.63. The molecule has 1 aromatic heterocycles. The van der Waals surface area contributed by atoms with Crippen LogP contribution in [0.3, 0.4) is 0 Å². The zero-order chi connectivity index (χ0) is 16.4. The first-order valence-electron chi connectivity index (χ1n) is 7.17. The minimum Gasteiger partial charge on any atom is -0.493 e. The van der Waals surface area contributed by atoms with E-state index in [9.17, 15) is 9.50 Å². The molecule has 1 N–H and O–H groups in total. The summed E-state index contributed by atoms with van der Waals surface area (Å²) in [5.41, 5.74) is 2.17. The molecule has 5 heteroatoms. The molecule has 0 fully saturated rings. The van der Waals surface area contributed by atoms with Crippen molar-refractivity contribution in [2.45, 2.75) is 13.0 Å². The van der Waals surface area contributed by atoms with Crippen molar-refractivity contribution in [2.24, 2.45) is 0 Å². The van der Waals surface area contributed by atoms with Gasteiger partial charge in [-0.2, -0.15) is 0 Å². The van der Waals surface area contributed by atoms with E-state index in [1.54, 1.807) is 18.2 Å². The average molecular weight is 316 g/mol. The van der Waals surface area contributed by atoms with Crippen LogP contribution in [0.15, 0.2) is 40.8 Å². The molecule has 0 unspecified atom stereocenters. The van der Waals surface area contributed by atoms with Crippen LogP contribution in [0.5, 0.6) is 11.5 Å². The van der Waals surface area contributed by atoms with Gasteiger partial charge in [-0.15, -0.1) is 0 Å². The van der Waals surface area contributed by atoms with E-state index in [2.05, 4.69) is 0 Å². The summed E-state index contributed by atoms with van der Waals surface area (Å²) in [6.07, 6.45) is 0.519. The van der Waals surface area contributed by atoms with Gasteiger partial charge in [-0.3, -0.25) is 0 Å². The van der Waals surface area contributed by atoms with E-state index >= 15 is 0 Å². The molecule has 0 atom stereocenters. The third-order valence-electron chi connectivity index (χ3n) is 3.75. The number of hydrogen-bond donors (Lipinski definition) is 1. The number of aliphatic hydroxyl groups is 1. The summed E-state index contributed by atoms with van der Waals surface area (Å²) in [5.74, 6) is 1.43. The number of hydrogen-bond acceptors (Lipinski definition) is 4. The lowest BCUT2D eigenvalue weighted by Gasteiger charge is -2.09. The van der Waals surface area contributed by atoms with Gasteiger partial charge in [-0.1, -0.05) is 12.1 Å². The minimum absolute atomic E-state index is 0.133. The van der Waals surface area contributed by atoms with Crippen molar-refractivity contribution in [2.75, 3.05) is 14.2 Å². The Kier molecular flexibility index (Phi) is 4.21. The van der Waals surface area contributed by atoms with Gasteiger partial charge >= 0.3 is 0 Å². The lowest BCUT2D eigenvalue weighted by molar-refractivity contribution is 0.282. The van der Waals surface area contributed by atoms with Gasteiger partial charge in [0.1, 0.15) is 11.6 Å². The van der Waals surface area contributed by atoms with Gasteiger partial charge < -0.3 is 19.0 Å². The maximum Gasteiger partial charge on any atom is 0.204 e. The van der Waals surface area contributed by atoms with Gasteiger partial charge in [0.15, 0.2) is 11.3 Å². The molecule has 0 radical (unpaired) electrons. The molecule has 2 aromatic carbocycles. The van der Waals surface area contributed by atoms with Crippen molar-refractivity contribution in [1.29, 1.82) is 0 Å². The molecular formula is C18H17FO4. The smallest absolute Gasteiger partial charge is 0.204 e. The first kappa shape index (κ1) is 15.4. The predicted molar refractivity (Wildman–Crippen MR) is 84.4 cm³/mol. The number of rotatable bonds is 5. The normalized spacial score (nSPS) is 11.0. The maximum atomic E-state index is 13.0. The number of methoxy groups -OCH3 is 2. The van der Waals surface area contributed by atoms with E-state index in [1.165, 1.54) is 26.4 Å². The molecular weight excluding hydrogens is 299 g/mol. The van der Waals surface area contributed by atoms with E-state index < -0.39 is 0 Å². The highest BCUT2D eigenvalue weighted by Crippen LogP contribution is 2.40. The molecule has 23 heavy (non-hydrogen) atoms. The average Bonchev–Trinajstić information content (AvgIpc) is 2.98.